The molecule has 1 atom stereocenters. The number of fused-ring (bicyclic) bond motifs is 1. The van der Waals surface area contributed by atoms with Crippen LogP contribution in [0.25, 0.3) is 0 Å². The Morgan fingerprint density at radius 2 is 2.05 bits per heavy atom. The average Bonchev–Trinajstić information content (AvgIpc) is 2.49. The van der Waals surface area contributed by atoms with Crippen LogP contribution in [0.5, 0.6) is 5.75 Å². The van der Waals surface area contributed by atoms with E-state index in [9.17, 15) is 9.59 Å². The van der Waals surface area contributed by atoms with Crippen molar-refractivity contribution >= 4 is 23.3 Å². The first-order valence-electron chi connectivity index (χ1n) is 6.50. The van der Waals surface area contributed by atoms with Crippen LogP contribution in [0.15, 0.2) is 48.7 Å². The molecule has 2 heterocycles. The van der Waals surface area contributed by atoms with E-state index in [4.69, 9.17) is 4.74 Å². The van der Waals surface area contributed by atoms with E-state index in [0.29, 0.717) is 17.3 Å². The Hall–Kier alpha value is -2.89. The van der Waals surface area contributed by atoms with E-state index in [-0.39, 0.29) is 18.2 Å². The molecule has 2 N–H and O–H groups in total. The number of benzene rings is 1. The summed E-state index contributed by atoms with van der Waals surface area (Å²) in [5, 5.41) is 5.34. The van der Waals surface area contributed by atoms with Gasteiger partial charge in [0.1, 0.15) is 11.6 Å². The first kappa shape index (κ1) is 13.1. The van der Waals surface area contributed by atoms with Gasteiger partial charge < -0.3 is 15.4 Å². The molecular formula is C15H13N3O3. The number of aromatic nitrogens is 1. The molecule has 1 aliphatic heterocycles. The summed E-state index contributed by atoms with van der Waals surface area (Å²) in [6, 6.07) is 12.3. The van der Waals surface area contributed by atoms with Crippen LogP contribution >= 0.6 is 0 Å². The normalized spacial score (nSPS) is 16.4. The zero-order valence-electron chi connectivity index (χ0n) is 11.1. The number of carbonyl (C=O) groups excluding carboxylic acids is 2. The van der Waals surface area contributed by atoms with E-state index < -0.39 is 6.10 Å². The fourth-order valence-electron chi connectivity index (χ4n) is 2.03. The molecule has 2 amide bonds. The fourth-order valence-corrected chi connectivity index (χ4v) is 2.03. The SMILES string of the molecule is O=C(CC1Oc2ccccc2NC1=O)Nc1ccccn1. The van der Waals surface area contributed by atoms with Gasteiger partial charge in [-0.3, -0.25) is 9.59 Å². The number of hydrogen-bond acceptors (Lipinski definition) is 4. The fraction of sp³-hybridized carbons (Fsp3) is 0.133. The van der Waals surface area contributed by atoms with Crippen molar-refractivity contribution in [2.45, 2.75) is 12.5 Å². The van der Waals surface area contributed by atoms with Crippen molar-refractivity contribution < 1.29 is 14.3 Å². The number of carbonyl (C=O) groups is 2. The van der Waals surface area contributed by atoms with Gasteiger partial charge in [0.15, 0.2) is 6.10 Å². The molecule has 21 heavy (non-hydrogen) atoms. The van der Waals surface area contributed by atoms with Crippen molar-refractivity contribution in [1.29, 1.82) is 0 Å². The van der Waals surface area contributed by atoms with Gasteiger partial charge in [0.2, 0.25) is 5.91 Å². The Morgan fingerprint density at radius 3 is 2.86 bits per heavy atom. The molecule has 1 unspecified atom stereocenters. The third-order valence-electron chi connectivity index (χ3n) is 3.01. The summed E-state index contributed by atoms with van der Waals surface area (Å²) < 4.78 is 5.56. The summed E-state index contributed by atoms with van der Waals surface area (Å²) in [5.41, 5.74) is 0.615. The van der Waals surface area contributed by atoms with Gasteiger partial charge in [-0.25, -0.2) is 4.98 Å². The molecule has 0 fully saturated rings. The summed E-state index contributed by atoms with van der Waals surface area (Å²) in [4.78, 5) is 27.8. The van der Waals surface area contributed by atoms with Crippen molar-refractivity contribution in [3.05, 3.63) is 48.7 Å². The van der Waals surface area contributed by atoms with Crippen molar-refractivity contribution in [3.63, 3.8) is 0 Å². The Labute approximate surface area is 121 Å². The molecule has 1 aliphatic rings. The second kappa shape index (κ2) is 5.62. The Morgan fingerprint density at radius 1 is 1.24 bits per heavy atom. The molecule has 0 spiro atoms. The molecule has 1 aromatic carbocycles. The molecule has 1 aromatic heterocycles. The summed E-state index contributed by atoms with van der Waals surface area (Å²) >= 11 is 0. The lowest BCUT2D eigenvalue weighted by atomic mass is 10.1. The first-order chi connectivity index (χ1) is 10.2. The highest BCUT2D eigenvalue weighted by Crippen LogP contribution is 2.29. The van der Waals surface area contributed by atoms with E-state index in [1.807, 2.05) is 0 Å². The Kier molecular flexibility index (Phi) is 3.51. The summed E-state index contributed by atoms with van der Waals surface area (Å²) in [7, 11) is 0. The molecule has 106 valence electrons. The lowest BCUT2D eigenvalue weighted by Gasteiger charge is -2.25. The van der Waals surface area contributed by atoms with Crippen molar-refractivity contribution in [2.75, 3.05) is 10.6 Å². The number of pyridine rings is 1. The second-order valence-corrected chi connectivity index (χ2v) is 4.56. The van der Waals surface area contributed by atoms with Crippen LogP contribution in [-0.4, -0.2) is 22.9 Å². The van der Waals surface area contributed by atoms with Crippen molar-refractivity contribution in [2.24, 2.45) is 0 Å². The molecular weight excluding hydrogens is 270 g/mol. The number of rotatable bonds is 3. The van der Waals surface area contributed by atoms with E-state index in [0.717, 1.165) is 0 Å². The van der Waals surface area contributed by atoms with Crippen LogP contribution < -0.4 is 15.4 Å². The molecule has 3 rings (SSSR count). The minimum Gasteiger partial charge on any atom is -0.478 e. The van der Waals surface area contributed by atoms with Gasteiger partial charge >= 0.3 is 0 Å². The molecule has 2 aromatic rings. The highest BCUT2D eigenvalue weighted by Gasteiger charge is 2.29. The third kappa shape index (κ3) is 3.00. The first-order valence-corrected chi connectivity index (χ1v) is 6.50. The van der Waals surface area contributed by atoms with Gasteiger partial charge in [0.05, 0.1) is 12.1 Å². The van der Waals surface area contributed by atoms with Crippen LogP contribution in [0, 0.1) is 0 Å². The quantitative estimate of drug-likeness (QED) is 0.900. The van der Waals surface area contributed by atoms with Crippen LogP contribution in [0.1, 0.15) is 6.42 Å². The second-order valence-electron chi connectivity index (χ2n) is 4.56. The maximum Gasteiger partial charge on any atom is 0.266 e. The standard InChI is InChI=1S/C15H13N3O3/c19-14(18-13-7-3-4-8-16-13)9-12-15(20)17-10-5-1-2-6-11(10)21-12/h1-8,12H,9H2,(H,17,20)(H,16,18,19). The van der Waals surface area contributed by atoms with Gasteiger partial charge in [0, 0.05) is 6.20 Å². The van der Waals surface area contributed by atoms with Gasteiger partial charge in [-0.1, -0.05) is 18.2 Å². The third-order valence-corrected chi connectivity index (χ3v) is 3.01. The molecule has 0 radical (unpaired) electrons. The summed E-state index contributed by atoms with van der Waals surface area (Å²) in [6.07, 6.45) is 0.662. The molecule has 0 bridgehead atoms. The molecule has 6 nitrogen and oxygen atoms in total. The maximum atomic E-state index is 11.9. The van der Waals surface area contributed by atoms with Crippen molar-refractivity contribution in [1.82, 2.24) is 4.98 Å². The number of anilines is 2. The van der Waals surface area contributed by atoms with Crippen LogP contribution in [-0.2, 0) is 9.59 Å². The van der Waals surface area contributed by atoms with E-state index >= 15 is 0 Å². The molecule has 6 heteroatoms. The predicted octanol–water partition coefficient (Wildman–Crippen LogP) is 1.81. The monoisotopic (exact) mass is 283 g/mol. The lowest BCUT2D eigenvalue weighted by Crippen LogP contribution is -2.39. The molecule has 0 aliphatic carbocycles. The van der Waals surface area contributed by atoms with Crippen LogP contribution in [0.2, 0.25) is 0 Å². The number of amides is 2. The molecule has 0 saturated carbocycles. The van der Waals surface area contributed by atoms with Crippen LogP contribution in [0.4, 0.5) is 11.5 Å². The van der Waals surface area contributed by atoms with Gasteiger partial charge in [0.25, 0.3) is 5.91 Å². The zero-order valence-corrected chi connectivity index (χ0v) is 11.1. The predicted molar refractivity (Wildman–Crippen MR) is 77.0 cm³/mol. The Bertz CT molecular complexity index is 673. The number of para-hydroxylation sites is 2. The smallest absolute Gasteiger partial charge is 0.266 e. The number of nitrogens with zero attached hydrogens (tertiary/aromatic N) is 1. The average molecular weight is 283 g/mol. The summed E-state index contributed by atoms with van der Waals surface area (Å²) in [5.74, 6) is 0.352. The number of hydrogen-bond donors (Lipinski definition) is 2. The minimum absolute atomic E-state index is 0.0727. The maximum absolute atomic E-state index is 11.9. The number of ether oxygens (including phenoxy) is 1. The van der Waals surface area contributed by atoms with E-state index in [1.165, 1.54) is 0 Å². The van der Waals surface area contributed by atoms with Gasteiger partial charge in [-0.2, -0.15) is 0 Å². The van der Waals surface area contributed by atoms with Gasteiger partial charge in [-0.15, -0.1) is 0 Å². The van der Waals surface area contributed by atoms with Crippen LogP contribution in [0.3, 0.4) is 0 Å². The Balaban J connectivity index is 1.65. The lowest BCUT2D eigenvalue weighted by molar-refractivity contribution is -0.128. The van der Waals surface area contributed by atoms with E-state index in [2.05, 4.69) is 15.6 Å². The number of nitrogens with one attached hydrogen (secondary N) is 2. The van der Waals surface area contributed by atoms with E-state index in [1.54, 1.807) is 48.7 Å². The highest BCUT2D eigenvalue weighted by molar-refractivity contribution is 6.01. The summed E-state index contributed by atoms with van der Waals surface area (Å²) in [6.45, 7) is 0. The topological polar surface area (TPSA) is 80.3 Å². The van der Waals surface area contributed by atoms with Gasteiger partial charge in [-0.05, 0) is 24.3 Å². The highest BCUT2D eigenvalue weighted by atomic mass is 16.5. The molecule has 0 saturated heterocycles. The largest absolute Gasteiger partial charge is 0.478 e. The van der Waals surface area contributed by atoms with Crippen molar-refractivity contribution in [3.8, 4) is 5.75 Å². The zero-order chi connectivity index (χ0) is 14.7. The minimum atomic E-state index is -0.844.